The molecule has 0 spiro atoms. The highest BCUT2D eigenvalue weighted by Gasteiger charge is 2.29. The van der Waals surface area contributed by atoms with Crippen LogP contribution in [0.4, 0.5) is 0 Å². The molecule has 184 valence electrons. The van der Waals surface area contributed by atoms with Crippen LogP contribution in [0.15, 0.2) is 53.1 Å². The van der Waals surface area contributed by atoms with Crippen LogP contribution in [0.25, 0.3) is 0 Å². The fraction of sp³-hybridized carbons (Fsp3) is 0.462. The van der Waals surface area contributed by atoms with E-state index < -0.39 is 23.7 Å². The zero-order valence-electron chi connectivity index (χ0n) is 20.1. The molecular weight excluding hydrogens is 434 g/mol. The molecule has 34 heavy (non-hydrogen) atoms. The number of carbonyl (C=O) groups is 4. The molecule has 0 bridgehead atoms. The van der Waals surface area contributed by atoms with E-state index in [-0.39, 0.29) is 37.1 Å². The topological polar surface area (TPSA) is 118 Å². The molecule has 3 N–H and O–H groups in total. The van der Waals surface area contributed by atoms with Crippen LogP contribution in [0.5, 0.6) is 0 Å². The fourth-order valence-corrected chi connectivity index (χ4v) is 3.58. The summed E-state index contributed by atoms with van der Waals surface area (Å²) in [5.41, 5.74) is 1.00. The zero-order chi connectivity index (χ0) is 24.9. The van der Waals surface area contributed by atoms with Gasteiger partial charge in [0, 0.05) is 18.9 Å². The second kappa shape index (κ2) is 14.0. The Morgan fingerprint density at radius 3 is 2.29 bits per heavy atom. The van der Waals surface area contributed by atoms with Gasteiger partial charge < -0.3 is 20.4 Å². The molecule has 8 heteroatoms. The lowest BCUT2D eigenvalue weighted by atomic mass is 9.91. The Bertz CT molecular complexity index is 925. The first-order valence-electron chi connectivity index (χ1n) is 11.8. The van der Waals surface area contributed by atoms with E-state index in [1.807, 2.05) is 44.2 Å². The first-order chi connectivity index (χ1) is 16.3. The quantitative estimate of drug-likeness (QED) is 0.368. The maximum absolute atomic E-state index is 13.0. The van der Waals surface area contributed by atoms with E-state index in [0.717, 1.165) is 5.56 Å². The summed E-state index contributed by atoms with van der Waals surface area (Å²) in [5.74, 6) is -1.60. The van der Waals surface area contributed by atoms with Crippen molar-refractivity contribution in [2.45, 2.75) is 65.6 Å². The number of amides is 3. The van der Waals surface area contributed by atoms with Crippen LogP contribution in [-0.2, 0) is 32.3 Å². The van der Waals surface area contributed by atoms with E-state index in [1.54, 1.807) is 19.1 Å². The lowest BCUT2D eigenvalue weighted by Gasteiger charge is -2.22. The average molecular weight is 470 g/mol. The summed E-state index contributed by atoms with van der Waals surface area (Å²) in [6, 6.07) is 12.1. The second-order valence-electron chi connectivity index (χ2n) is 8.72. The Hall–Kier alpha value is -3.42. The Kier molecular flexibility index (Phi) is 11.0. The first kappa shape index (κ1) is 26.8. The summed E-state index contributed by atoms with van der Waals surface area (Å²) in [6.07, 6.45) is 2.90. The molecule has 0 radical (unpaired) electrons. The summed E-state index contributed by atoms with van der Waals surface area (Å²) in [6.45, 7) is 6.26. The molecule has 2 aromatic rings. The molecule has 0 aliphatic carbocycles. The third-order valence-corrected chi connectivity index (χ3v) is 5.45. The van der Waals surface area contributed by atoms with Crippen molar-refractivity contribution in [2.75, 3.05) is 0 Å². The Morgan fingerprint density at radius 1 is 0.941 bits per heavy atom. The Morgan fingerprint density at radius 2 is 1.68 bits per heavy atom. The summed E-state index contributed by atoms with van der Waals surface area (Å²) in [4.78, 5) is 50.1. The molecule has 0 saturated carbocycles. The van der Waals surface area contributed by atoms with E-state index >= 15 is 0 Å². The predicted molar refractivity (Wildman–Crippen MR) is 128 cm³/mol. The molecule has 2 rings (SSSR count). The largest absolute Gasteiger partial charge is 0.467 e. The minimum Gasteiger partial charge on any atom is -0.467 e. The minimum atomic E-state index is -0.925. The van der Waals surface area contributed by atoms with Crippen LogP contribution in [0, 0.1) is 11.8 Å². The number of Topliss-reactive ketones (excluding diaryl/α,β-unsaturated/α-hetero) is 1. The van der Waals surface area contributed by atoms with Gasteiger partial charge in [-0.2, -0.15) is 0 Å². The maximum Gasteiger partial charge on any atom is 0.289 e. The van der Waals surface area contributed by atoms with E-state index in [1.165, 1.54) is 6.26 Å². The van der Waals surface area contributed by atoms with Gasteiger partial charge >= 0.3 is 0 Å². The molecule has 1 unspecified atom stereocenters. The second-order valence-corrected chi connectivity index (χ2v) is 8.72. The van der Waals surface area contributed by atoms with Gasteiger partial charge in [-0.25, -0.2) is 0 Å². The van der Waals surface area contributed by atoms with Gasteiger partial charge in [0.25, 0.3) is 5.91 Å². The molecule has 0 aliphatic rings. The molecule has 1 aromatic carbocycles. The number of benzene rings is 1. The van der Waals surface area contributed by atoms with Crippen molar-refractivity contribution in [2.24, 2.45) is 11.8 Å². The molecule has 1 aromatic heterocycles. The van der Waals surface area contributed by atoms with Gasteiger partial charge in [-0.15, -0.1) is 0 Å². The van der Waals surface area contributed by atoms with Crippen molar-refractivity contribution >= 4 is 23.5 Å². The van der Waals surface area contributed by atoms with Crippen molar-refractivity contribution < 1.29 is 23.6 Å². The van der Waals surface area contributed by atoms with Crippen molar-refractivity contribution in [3.63, 3.8) is 0 Å². The fourth-order valence-electron chi connectivity index (χ4n) is 3.58. The van der Waals surface area contributed by atoms with Crippen molar-refractivity contribution in [3.8, 4) is 0 Å². The van der Waals surface area contributed by atoms with Gasteiger partial charge in [-0.3, -0.25) is 19.2 Å². The van der Waals surface area contributed by atoms with Crippen LogP contribution in [-0.4, -0.2) is 29.5 Å². The van der Waals surface area contributed by atoms with E-state index in [2.05, 4.69) is 16.0 Å². The SMILES string of the molecule is CCC(NC(=O)[C@@H](CCC(=O)NCc1ccccc1)CC(C)C)C(=O)C(=O)NCc1ccco1. The van der Waals surface area contributed by atoms with Gasteiger partial charge in [0.05, 0.1) is 18.8 Å². The summed E-state index contributed by atoms with van der Waals surface area (Å²) in [7, 11) is 0. The lowest BCUT2D eigenvalue weighted by molar-refractivity contribution is -0.140. The number of rotatable bonds is 14. The molecule has 0 fully saturated rings. The third kappa shape index (κ3) is 9.21. The molecule has 1 heterocycles. The van der Waals surface area contributed by atoms with Gasteiger partial charge in [-0.1, -0.05) is 51.1 Å². The summed E-state index contributed by atoms with van der Waals surface area (Å²) >= 11 is 0. The predicted octanol–water partition coefficient (Wildman–Crippen LogP) is 3.12. The number of nitrogens with one attached hydrogen (secondary N) is 3. The highest BCUT2D eigenvalue weighted by Crippen LogP contribution is 2.18. The van der Waals surface area contributed by atoms with Gasteiger partial charge in [0.2, 0.25) is 17.6 Å². The van der Waals surface area contributed by atoms with Crippen LogP contribution in [0.3, 0.4) is 0 Å². The highest BCUT2D eigenvalue weighted by molar-refractivity contribution is 6.38. The van der Waals surface area contributed by atoms with Crippen LogP contribution >= 0.6 is 0 Å². The van der Waals surface area contributed by atoms with Crippen LogP contribution < -0.4 is 16.0 Å². The molecule has 0 saturated heterocycles. The monoisotopic (exact) mass is 469 g/mol. The molecule has 8 nitrogen and oxygen atoms in total. The molecular formula is C26H35N3O5. The lowest BCUT2D eigenvalue weighted by Crippen LogP contribution is -2.48. The average Bonchev–Trinajstić information content (AvgIpc) is 3.35. The number of hydrogen-bond acceptors (Lipinski definition) is 5. The van der Waals surface area contributed by atoms with Gasteiger partial charge in [0.15, 0.2) is 0 Å². The zero-order valence-corrected chi connectivity index (χ0v) is 20.1. The van der Waals surface area contributed by atoms with Crippen molar-refractivity contribution in [1.82, 2.24) is 16.0 Å². The number of hydrogen-bond donors (Lipinski definition) is 3. The van der Waals surface area contributed by atoms with Crippen LogP contribution in [0.2, 0.25) is 0 Å². The van der Waals surface area contributed by atoms with Crippen molar-refractivity contribution in [1.29, 1.82) is 0 Å². The first-order valence-corrected chi connectivity index (χ1v) is 11.8. The number of furan rings is 1. The third-order valence-electron chi connectivity index (χ3n) is 5.45. The number of ketones is 1. The molecule has 2 atom stereocenters. The van der Waals surface area contributed by atoms with Gasteiger partial charge in [0.1, 0.15) is 5.76 Å². The smallest absolute Gasteiger partial charge is 0.289 e. The van der Waals surface area contributed by atoms with Gasteiger partial charge in [-0.05, 0) is 42.9 Å². The minimum absolute atomic E-state index is 0.0933. The van der Waals surface area contributed by atoms with E-state index in [4.69, 9.17) is 4.42 Å². The van der Waals surface area contributed by atoms with E-state index in [9.17, 15) is 19.2 Å². The normalized spacial score (nSPS) is 12.6. The Balaban J connectivity index is 1.87. The highest BCUT2D eigenvalue weighted by atomic mass is 16.3. The summed E-state index contributed by atoms with van der Waals surface area (Å²) < 4.78 is 5.14. The Labute approximate surface area is 200 Å². The summed E-state index contributed by atoms with van der Waals surface area (Å²) in [5, 5.41) is 8.11. The van der Waals surface area contributed by atoms with Crippen molar-refractivity contribution in [3.05, 3.63) is 60.1 Å². The maximum atomic E-state index is 13.0. The molecule has 0 aliphatic heterocycles. The van der Waals surface area contributed by atoms with E-state index in [0.29, 0.717) is 25.1 Å². The van der Waals surface area contributed by atoms with Crippen LogP contribution in [0.1, 0.15) is 57.8 Å². The standard InChI is InChI=1S/C26H35N3O5/c1-4-22(24(31)26(33)28-17-21-11-8-14-34-21)29-25(32)20(15-18(2)3)12-13-23(30)27-16-19-9-6-5-7-10-19/h5-11,14,18,20,22H,4,12-13,15-17H2,1-3H3,(H,27,30)(H,28,33)(H,29,32)/t20-,22?/m0/s1. The molecule has 3 amide bonds. The number of carbonyl (C=O) groups excluding carboxylic acids is 4.